The number of benzene rings is 2. The van der Waals surface area contributed by atoms with Gasteiger partial charge in [0.1, 0.15) is 11.6 Å². The highest BCUT2D eigenvalue weighted by Gasteiger charge is 2.32. The van der Waals surface area contributed by atoms with Gasteiger partial charge in [0.15, 0.2) is 5.13 Å². The van der Waals surface area contributed by atoms with Crippen molar-refractivity contribution in [3.05, 3.63) is 75.0 Å². The monoisotopic (exact) mass is 556 g/mol. The molecule has 2 unspecified atom stereocenters. The Hall–Kier alpha value is -3.01. The van der Waals surface area contributed by atoms with Crippen molar-refractivity contribution in [3.63, 3.8) is 0 Å². The van der Waals surface area contributed by atoms with Gasteiger partial charge in [0, 0.05) is 40.7 Å². The van der Waals surface area contributed by atoms with Crippen LogP contribution < -0.4 is 15.4 Å². The molecule has 2 aliphatic rings. The van der Waals surface area contributed by atoms with E-state index in [1.165, 1.54) is 17.4 Å². The highest BCUT2D eigenvalue weighted by molar-refractivity contribution is 7.16. The summed E-state index contributed by atoms with van der Waals surface area (Å²) in [5.41, 5.74) is 1.80. The average Bonchev–Trinajstić information content (AvgIpc) is 3.55. The summed E-state index contributed by atoms with van der Waals surface area (Å²) in [5.74, 6) is 0.0888. The molecule has 1 saturated heterocycles. The Morgan fingerprint density at radius 2 is 2.03 bits per heavy atom. The first-order valence-electron chi connectivity index (χ1n) is 12.8. The lowest BCUT2D eigenvalue weighted by Crippen LogP contribution is -2.35. The van der Waals surface area contributed by atoms with Crippen molar-refractivity contribution in [1.29, 1.82) is 0 Å². The van der Waals surface area contributed by atoms with Gasteiger partial charge >= 0.3 is 0 Å². The molecule has 1 aliphatic carbocycles. The lowest BCUT2D eigenvalue weighted by Gasteiger charge is -2.22. The number of thiazole rings is 1. The van der Waals surface area contributed by atoms with E-state index in [0.29, 0.717) is 46.0 Å². The fraction of sp³-hybridized carbons (Fsp3) is 0.393. The fourth-order valence-corrected chi connectivity index (χ4v) is 6.42. The minimum absolute atomic E-state index is 0.0279. The van der Waals surface area contributed by atoms with Crippen LogP contribution in [0.25, 0.3) is 0 Å². The van der Waals surface area contributed by atoms with Gasteiger partial charge in [-0.15, -0.1) is 11.3 Å². The van der Waals surface area contributed by atoms with Crippen LogP contribution >= 0.6 is 22.9 Å². The number of halogens is 2. The average molecular weight is 557 g/mol. The Bertz CT molecular complexity index is 1300. The molecule has 3 aromatic rings. The third kappa shape index (κ3) is 6.00. The standard InChI is InChI=1S/C28H30ClFN4O3S/c1-37-19-10-8-18(9-11-19)26(35)33-28-32-25-20(4-2-7-24(25)38-28)27(36)31-14-17-12-13-34(15-17)16-21-22(29)5-3-6-23(21)30/h3,5-6,8-11,17,20H,2,4,7,12-16H2,1H3,(H,31,36)(H,32,33,35). The summed E-state index contributed by atoms with van der Waals surface area (Å²) in [4.78, 5) is 33.7. The lowest BCUT2D eigenvalue weighted by molar-refractivity contribution is -0.123. The minimum Gasteiger partial charge on any atom is -0.497 e. The van der Waals surface area contributed by atoms with Gasteiger partial charge < -0.3 is 10.1 Å². The van der Waals surface area contributed by atoms with Crippen LogP contribution in [-0.4, -0.2) is 48.4 Å². The smallest absolute Gasteiger partial charge is 0.257 e. The predicted octanol–water partition coefficient (Wildman–Crippen LogP) is 5.25. The number of fused-ring (bicyclic) bond motifs is 1. The summed E-state index contributed by atoms with van der Waals surface area (Å²) in [5, 5.41) is 6.96. The summed E-state index contributed by atoms with van der Waals surface area (Å²) in [6.45, 7) is 2.64. The number of hydrogen-bond acceptors (Lipinski definition) is 6. The van der Waals surface area contributed by atoms with Crippen molar-refractivity contribution in [3.8, 4) is 5.75 Å². The number of amides is 2. The van der Waals surface area contributed by atoms with E-state index in [4.69, 9.17) is 16.3 Å². The minimum atomic E-state index is -0.323. The molecule has 2 N–H and O–H groups in total. The van der Waals surface area contributed by atoms with E-state index in [9.17, 15) is 14.0 Å². The van der Waals surface area contributed by atoms with E-state index < -0.39 is 0 Å². The molecule has 2 amide bonds. The van der Waals surface area contributed by atoms with E-state index in [1.54, 1.807) is 43.5 Å². The largest absolute Gasteiger partial charge is 0.497 e. The van der Waals surface area contributed by atoms with Crippen LogP contribution in [0, 0.1) is 11.7 Å². The molecule has 38 heavy (non-hydrogen) atoms. The number of anilines is 1. The number of aryl methyl sites for hydroxylation is 1. The van der Waals surface area contributed by atoms with Crippen LogP contribution in [0.15, 0.2) is 42.5 Å². The molecule has 5 rings (SSSR count). The summed E-state index contributed by atoms with van der Waals surface area (Å²) in [6, 6.07) is 11.6. The fourth-order valence-electron chi connectivity index (χ4n) is 5.14. The van der Waals surface area contributed by atoms with E-state index in [1.807, 2.05) is 0 Å². The Balaban J connectivity index is 1.16. The van der Waals surface area contributed by atoms with Crippen LogP contribution in [-0.2, 0) is 17.8 Å². The zero-order chi connectivity index (χ0) is 26.6. The Morgan fingerprint density at radius 3 is 2.79 bits per heavy atom. The molecule has 0 radical (unpaired) electrons. The topological polar surface area (TPSA) is 83.6 Å². The van der Waals surface area contributed by atoms with Crippen molar-refractivity contribution in [1.82, 2.24) is 15.2 Å². The summed E-state index contributed by atoms with van der Waals surface area (Å²) in [6.07, 6.45) is 3.42. The SMILES string of the molecule is COc1ccc(C(=O)Nc2nc3c(s2)CCCC3C(=O)NCC2CCN(Cc3c(F)cccc3Cl)C2)cc1. The molecular formula is C28H30ClFN4O3S. The highest BCUT2D eigenvalue weighted by atomic mass is 35.5. The van der Waals surface area contributed by atoms with Crippen LogP contribution in [0.5, 0.6) is 5.75 Å². The van der Waals surface area contributed by atoms with E-state index in [0.717, 1.165) is 49.3 Å². The van der Waals surface area contributed by atoms with Gasteiger partial charge in [-0.05, 0) is 74.5 Å². The van der Waals surface area contributed by atoms with Gasteiger partial charge in [0.25, 0.3) is 5.91 Å². The maximum Gasteiger partial charge on any atom is 0.257 e. The second kappa shape index (κ2) is 11.8. The maximum absolute atomic E-state index is 14.2. The van der Waals surface area contributed by atoms with Crippen LogP contribution in [0.2, 0.25) is 5.02 Å². The normalized spacial score (nSPS) is 19.1. The van der Waals surface area contributed by atoms with Crippen molar-refractivity contribution in [2.24, 2.45) is 5.92 Å². The Kier molecular flexibility index (Phi) is 8.26. The molecule has 2 heterocycles. The number of ether oxygens (including phenoxy) is 1. The van der Waals surface area contributed by atoms with Gasteiger partial charge in [0.05, 0.1) is 18.7 Å². The van der Waals surface area contributed by atoms with Crippen molar-refractivity contribution < 1.29 is 18.7 Å². The van der Waals surface area contributed by atoms with Gasteiger partial charge in [-0.25, -0.2) is 9.37 Å². The number of likely N-dealkylation sites (tertiary alicyclic amines) is 1. The molecule has 0 bridgehead atoms. The maximum atomic E-state index is 14.2. The highest BCUT2D eigenvalue weighted by Crippen LogP contribution is 2.37. The van der Waals surface area contributed by atoms with E-state index in [2.05, 4.69) is 20.5 Å². The molecule has 0 saturated carbocycles. The van der Waals surface area contributed by atoms with Gasteiger partial charge in [-0.1, -0.05) is 17.7 Å². The Morgan fingerprint density at radius 1 is 1.21 bits per heavy atom. The predicted molar refractivity (Wildman–Crippen MR) is 147 cm³/mol. The quantitative estimate of drug-likeness (QED) is 0.396. The van der Waals surface area contributed by atoms with Crippen LogP contribution in [0.4, 0.5) is 9.52 Å². The molecule has 2 aromatic carbocycles. The van der Waals surface area contributed by atoms with Crippen molar-refractivity contribution in [2.75, 3.05) is 32.1 Å². The molecule has 1 aromatic heterocycles. The summed E-state index contributed by atoms with van der Waals surface area (Å²) in [7, 11) is 1.58. The summed E-state index contributed by atoms with van der Waals surface area (Å²) < 4.78 is 19.3. The third-order valence-corrected chi connectivity index (χ3v) is 8.62. The zero-order valence-electron chi connectivity index (χ0n) is 21.1. The first kappa shape index (κ1) is 26.6. The number of nitrogens with zero attached hydrogens (tertiary/aromatic N) is 2. The first-order chi connectivity index (χ1) is 18.4. The molecular weight excluding hydrogens is 527 g/mol. The molecule has 10 heteroatoms. The molecule has 1 fully saturated rings. The van der Waals surface area contributed by atoms with Crippen molar-refractivity contribution in [2.45, 2.75) is 38.1 Å². The number of carbonyl (C=O) groups is 2. The van der Waals surface area contributed by atoms with Gasteiger partial charge in [0.2, 0.25) is 5.91 Å². The molecule has 7 nitrogen and oxygen atoms in total. The number of carbonyl (C=O) groups excluding carboxylic acids is 2. The second-order valence-electron chi connectivity index (χ2n) is 9.79. The molecule has 0 spiro atoms. The lowest BCUT2D eigenvalue weighted by atomic mass is 9.90. The zero-order valence-corrected chi connectivity index (χ0v) is 22.7. The molecule has 200 valence electrons. The molecule has 1 aliphatic heterocycles. The Labute approximate surface area is 230 Å². The van der Waals surface area contributed by atoms with Crippen LogP contribution in [0.3, 0.4) is 0 Å². The number of nitrogens with one attached hydrogen (secondary N) is 2. The van der Waals surface area contributed by atoms with E-state index in [-0.39, 0.29) is 23.5 Å². The number of rotatable bonds is 8. The van der Waals surface area contributed by atoms with Crippen molar-refractivity contribution >= 4 is 39.9 Å². The summed E-state index contributed by atoms with van der Waals surface area (Å²) >= 11 is 7.63. The third-order valence-electron chi connectivity index (χ3n) is 7.22. The molecule has 2 atom stereocenters. The second-order valence-corrected chi connectivity index (χ2v) is 11.3. The van der Waals surface area contributed by atoms with E-state index >= 15 is 0 Å². The number of aromatic nitrogens is 1. The van der Waals surface area contributed by atoms with Gasteiger partial charge in [-0.2, -0.15) is 0 Å². The van der Waals surface area contributed by atoms with Crippen LogP contribution in [0.1, 0.15) is 51.7 Å². The number of hydrogen-bond donors (Lipinski definition) is 2. The number of methoxy groups -OCH3 is 1. The first-order valence-corrected chi connectivity index (χ1v) is 14.0. The van der Waals surface area contributed by atoms with Gasteiger partial charge in [-0.3, -0.25) is 19.8 Å².